The van der Waals surface area contributed by atoms with E-state index in [0.29, 0.717) is 0 Å². The predicted molar refractivity (Wildman–Crippen MR) is 66.4 cm³/mol. The van der Waals surface area contributed by atoms with Gasteiger partial charge in [-0.3, -0.25) is 4.90 Å². The quantitative estimate of drug-likeness (QED) is 0.791. The fourth-order valence-electron chi connectivity index (χ4n) is 3.51. The maximum Gasteiger partial charge on any atom is 0.0480 e. The van der Waals surface area contributed by atoms with E-state index >= 15 is 0 Å². The molecular weight excluding hydrogens is 200 g/mol. The van der Waals surface area contributed by atoms with Crippen molar-refractivity contribution in [3.63, 3.8) is 0 Å². The molecule has 2 rings (SSSR count). The third-order valence-electron chi connectivity index (χ3n) is 4.37. The van der Waals surface area contributed by atoms with Gasteiger partial charge in [-0.1, -0.05) is 13.3 Å². The summed E-state index contributed by atoms with van der Waals surface area (Å²) in [5, 5.41) is 0. The van der Waals surface area contributed by atoms with Gasteiger partial charge in [0.25, 0.3) is 0 Å². The first-order valence-electron chi connectivity index (χ1n) is 6.90. The third-order valence-corrected chi connectivity index (χ3v) is 4.37. The van der Waals surface area contributed by atoms with Gasteiger partial charge in [-0.15, -0.1) is 0 Å². The molecule has 0 aromatic heterocycles. The Kier molecular flexibility index (Phi) is 4.62. The first-order valence-corrected chi connectivity index (χ1v) is 6.90. The van der Waals surface area contributed by atoms with Crippen molar-refractivity contribution in [3.05, 3.63) is 0 Å². The van der Waals surface area contributed by atoms with Crippen molar-refractivity contribution in [2.24, 2.45) is 11.7 Å². The lowest BCUT2D eigenvalue weighted by atomic mass is 9.97. The van der Waals surface area contributed by atoms with Crippen LogP contribution in [0.4, 0.5) is 0 Å². The Morgan fingerprint density at radius 2 is 1.94 bits per heavy atom. The maximum atomic E-state index is 5.89. The average molecular weight is 226 g/mol. The second-order valence-electron chi connectivity index (χ2n) is 5.17. The van der Waals surface area contributed by atoms with Crippen LogP contribution in [0.2, 0.25) is 0 Å². The van der Waals surface area contributed by atoms with Crippen LogP contribution in [0.25, 0.3) is 0 Å². The summed E-state index contributed by atoms with van der Waals surface area (Å²) in [6.45, 7) is 6.22. The van der Waals surface area contributed by atoms with E-state index in [9.17, 15) is 0 Å². The van der Waals surface area contributed by atoms with Crippen LogP contribution in [-0.2, 0) is 4.74 Å². The van der Waals surface area contributed by atoms with Crippen molar-refractivity contribution in [2.75, 3.05) is 26.3 Å². The van der Waals surface area contributed by atoms with Crippen LogP contribution in [0.3, 0.4) is 0 Å². The van der Waals surface area contributed by atoms with Crippen molar-refractivity contribution in [2.45, 2.75) is 51.1 Å². The van der Waals surface area contributed by atoms with Gasteiger partial charge in [-0.2, -0.15) is 0 Å². The second-order valence-corrected chi connectivity index (χ2v) is 5.17. The van der Waals surface area contributed by atoms with Crippen LogP contribution in [-0.4, -0.2) is 43.3 Å². The molecule has 1 saturated carbocycles. The predicted octanol–water partition coefficient (Wildman–Crippen LogP) is 1.61. The molecule has 0 aromatic rings. The highest BCUT2D eigenvalue weighted by Gasteiger charge is 2.34. The molecule has 3 nitrogen and oxygen atoms in total. The number of hydrogen-bond acceptors (Lipinski definition) is 3. The minimum atomic E-state index is 0.739. The van der Waals surface area contributed by atoms with E-state index in [1.807, 2.05) is 0 Å². The van der Waals surface area contributed by atoms with E-state index in [4.69, 9.17) is 10.5 Å². The average Bonchev–Trinajstić information content (AvgIpc) is 2.80. The fraction of sp³-hybridized carbons (Fsp3) is 1.00. The molecule has 0 aromatic carbocycles. The number of hydrogen-bond donors (Lipinski definition) is 1. The van der Waals surface area contributed by atoms with Gasteiger partial charge in [0, 0.05) is 25.3 Å². The lowest BCUT2D eigenvalue weighted by Gasteiger charge is -2.40. The van der Waals surface area contributed by atoms with Gasteiger partial charge in [0.15, 0.2) is 0 Å². The molecule has 2 N–H and O–H groups in total. The zero-order chi connectivity index (χ0) is 11.4. The van der Waals surface area contributed by atoms with Crippen LogP contribution >= 0.6 is 0 Å². The Morgan fingerprint density at radius 3 is 2.56 bits per heavy atom. The molecule has 16 heavy (non-hydrogen) atoms. The van der Waals surface area contributed by atoms with Crippen molar-refractivity contribution in [1.82, 2.24) is 4.90 Å². The lowest BCUT2D eigenvalue weighted by Crippen LogP contribution is -2.48. The number of nitrogens with two attached hydrogens (primary N) is 1. The Labute approximate surface area is 99.3 Å². The molecule has 0 bridgehead atoms. The molecule has 1 saturated heterocycles. The van der Waals surface area contributed by atoms with Gasteiger partial charge in [0.2, 0.25) is 0 Å². The van der Waals surface area contributed by atoms with E-state index in [1.165, 1.54) is 38.6 Å². The minimum Gasteiger partial charge on any atom is -0.381 e. The summed E-state index contributed by atoms with van der Waals surface area (Å²) in [4.78, 5) is 2.72. The molecule has 3 heteroatoms. The lowest BCUT2D eigenvalue weighted by molar-refractivity contribution is 0.0122. The first-order chi connectivity index (χ1) is 7.86. The molecule has 0 radical (unpaired) electrons. The molecule has 1 heterocycles. The minimum absolute atomic E-state index is 0.739. The largest absolute Gasteiger partial charge is 0.381 e. The Hall–Kier alpha value is -0.120. The fourth-order valence-corrected chi connectivity index (χ4v) is 3.51. The van der Waals surface area contributed by atoms with Gasteiger partial charge < -0.3 is 10.5 Å². The Balaban J connectivity index is 1.97. The summed E-state index contributed by atoms with van der Waals surface area (Å²) in [6, 6.07) is 1.49. The molecule has 0 spiro atoms. The zero-order valence-corrected chi connectivity index (χ0v) is 10.5. The molecule has 2 fully saturated rings. The summed E-state index contributed by atoms with van der Waals surface area (Å²) < 4.78 is 5.46. The molecule has 1 aliphatic heterocycles. The smallest absolute Gasteiger partial charge is 0.0480 e. The van der Waals surface area contributed by atoms with Gasteiger partial charge >= 0.3 is 0 Å². The van der Waals surface area contributed by atoms with Crippen LogP contribution in [0.15, 0.2) is 0 Å². The van der Waals surface area contributed by atoms with Gasteiger partial charge in [-0.25, -0.2) is 0 Å². The molecule has 94 valence electrons. The number of ether oxygens (including phenoxy) is 1. The molecule has 2 aliphatic rings. The zero-order valence-electron chi connectivity index (χ0n) is 10.5. The topological polar surface area (TPSA) is 38.5 Å². The summed E-state index contributed by atoms with van der Waals surface area (Å²) >= 11 is 0. The molecule has 2 atom stereocenters. The van der Waals surface area contributed by atoms with Crippen molar-refractivity contribution in [1.29, 1.82) is 0 Å². The Bertz CT molecular complexity index is 204. The van der Waals surface area contributed by atoms with E-state index < -0.39 is 0 Å². The van der Waals surface area contributed by atoms with Crippen LogP contribution in [0, 0.1) is 5.92 Å². The SMILES string of the molecule is CCN(C1CCOCC1)C1CCCC1CN. The van der Waals surface area contributed by atoms with Gasteiger partial charge in [0.05, 0.1) is 0 Å². The standard InChI is InChI=1S/C13H26N2O/c1-2-15(12-6-8-16-9-7-12)13-5-3-4-11(13)10-14/h11-13H,2-10,14H2,1H3. The van der Waals surface area contributed by atoms with E-state index in [-0.39, 0.29) is 0 Å². The van der Waals surface area contributed by atoms with Crippen LogP contribution in [0.5, 0.6) is 0 Å². The number of rotatable bonds is 4. The summed E-state index contributed by atoms with van der Waals surface area (Å²) in [5.74, 6) is 0.739. The second kappa shape index (κ2) is 5.99. The van der Waals surface area contributed by atoms with E-state index in [0.717, 1.165) is 37.8 Å². The third kappa shape index (κ3) is 2.58. The highest BCUT2D eigenvalue weighted by molar-refractivity contribution is 4.89. The van der Waals surface area contributed by atoms with Crippen molar-refractivity contribution >= 4 is 0 Å². The molecule has 0 amide bonds. The van der Waals surface area contributed by atoms with E-state index in [2.05, 4.69) is 11.8 Å². The molecule has 1 aliphatic carbocycles. The van der Waals surface area contributed by atoms with E-state index in [1.54, 1.807) is 0 Å². The van der Waals surface area contributed by atoms with Crippen molar-refractivity contribution < 1.29 is 4.74 Å². The van der Waals surface area contributed by atoms with Gasteiger partial charge in [0.1, 0.15) is 0 Å². The van der Waals surface area contributed by atoms with Crippen LogP contribution < -0.4 is 5.73 Å². The normalized spacial score (nSPS) is 32.4. The summed E-state index contributed by atoms with van der Waals surface area (Å²) in [7, 11) is 0. The van der Waals surface area contributed by atoms with Crippen LogP contribution in [0.1, 0.15) is 39.0 Å². The summed E-state index contributed by atoms with van der Waals surface area (Å²) in [5.41, 5.74) is 5.89. The van der Waals surface area contributed by atoms with Gasteiger partial charge in [-0.05, 0) is 44.7 Å². The van der Waals surface area contributed by atoms with Crippen molar-refractivity contribution in [3.8, 4) is 0 Å². The monoisotopic (exact) mass is 226 g/mol. The molecule has 2 unspecified atom stereocenters. The highest BCUT2D eigenvalue weighted by atomic mass is 16.5. The molecular formula is C13H26N2O. The number of nitrogens with zero attached hydrogens (tertiary/aromatic N) is 1. The Morgan fingerprint density at radius 1 is 1.19 bits per heavy atom. The summed E-state index contributed by atoms with van der Waals surface area (Å²) in [6.07, 6.45) is 6.48. The maximum absolute atomic E-state index is 5.89. The first kappa shape index (κ1) is 12.3. The highest BCUT2D eigenvalue weighted by Crippen LogP contribution is 2.32.